The van der Waals surface area contributed by atoms with Gasteiger partial charge in [0.2, 0.25) is 0 Å². The van der Waals surface area contributed by atoms with Crippen LogP contribution < -0.4 is 10.6 Å². The lowest BCUT2D eigenvalue weighted by atomic mass is 10.1. The summed E-state index contributed by atoms with van der Waals surface area (Å²) in [6, 6.07) is 12.2. The zero-order valence-electron chi connectivity index (χ0n) is 26.6. The maximum atomic E-state index is 12.4. The van der Waals surface area contributed by atoms with Gasteiger partial charge in [-0.15, -0.1) is 0 Å². The van der Waals surface area contributed by atoms with Gasteiger partial charge in [-0.05, 0) is 81.1 Å². The zero-order chi connectivity index (χ0) is 33.6. The molecular weight excluding hydrogens is 596 g/mol. The van der Waals surface area contributed by atoms with Crippen LogP contribution in [0.25, 0.3) is 0 Å². The van der Waals surface area contributed by atoms with Crippen LogP contribution in [-0.4, -0.2) is 82.1 Å². The molecule has 46 heavy (non-hydrogen) atoms. The van der Waals surface area contributed by atoms with Gasteiger partial charge in [0.15, 0.2) is 0 Å². The average molecular weight is 641 g/mol. The average Bonchev–Trinajstić information content (AvgIpc) is 3.06. The van der Waals surface area contributed by atoms with Crippen LogP contribution in [0.5, 0.6) is 0 Å². The largest absolute Gasteiger partial charge is 0.462 e. The number of ketones is 1. The number of hydrogen-bond acceptors (Lipinski definition) is 10. The van der Waals surface area contributed by atoms with Gasteiger partial charge in [-0.2, -0.15) is 0 Å². The Morgan fingerprint density at radius 1 is 0.522 bits per heavy atom. The Hall–Kier alpha value is -4.58. The first-order valence-electron chi connectivity index (χ1n) is 15.5. The van der Waals surface area contributed by atoms with E-state index in [1.54, 1.807) is 31.2 Å². The van der Waals surface area contributed by atoms with Crippen LogP contribution in [0.4, 0.5) is 0 Å². The minimum Gasteiger partial charge on any atom is -0.462 e. The van der Waals surface area contributed by atoms with E-state index in [0.717, 1.165) is 19.3 Å². The second kappa shape index (κ2) is 22.0. The molecule has 12 nitrogen and oxygen atoms in total. The molecule has 0 fully saturated rings. The van der Waals surface area contributed by atoms with E-state index in [4.69, 9.17) is 18.9 Å². The number of benzene rings is 2. The first-order valence-corrected chi connectivity index (χ1v) is 15.5. The van der Waals surface area contributed by atoms with Crippen LogP contribution in [0, 0.1) is 0 Å². The molecule has 250 valence electrons. The van der Waals surface area contributed by atoms with Gasteiger partial charge < -0.3 is 34.4 Å². The maximum Gasteiger partial charge on any atom is 0.338 e. The van der Waals surface area contributed by atoms with Gasteiger partial charge in [-0.25, -0.2) is 9.59 Å². The molecule has 0 bridgehead atoms. The molecule has 0 aliphatic heterocycles. The molecule has 2 amide bonds. The minimum atomic E-state index is -0.608. The van der Waals surface area contributed by atoms with E-state index >= 15 is 0 Å². The maximum absolute atomic E-state index is 12.4. The number of carbonyl (C=O) groups is 6. The summed E-state index contributed by atoms with van der Waals surface area (Å²) in [5.74, 6) is -1.82. The predicted molar refractivity (Wildman–Crippen MR) is 169 cm³/mol. The summed E-state index contributed by atoms with van der Waals surface area (Å²) < 4.78 is 20.0. The van der Waals surface area contributed by atoms with Crippen molar-refractivity contribution < 1.29 is 47.7 Å². The van der Waals surface area contributed by atoms with E-state index in [1.807, 2.05) is 0 Å². The quantitative estimate of drug-likeness (QED) is 0.109. The van der Waals surface area contributed by atoms with Gasteiger partial charge in [-0.1, -0.05) is 12.8 Å². The molecule has 2 aromatic rings. The molecular formula is C34H44N2O10. The standard InChI is InChI=1S/C34H44N2O10/c1-25(37)9-5-3-7-19-35-31(39)26-11-13-27(14-12-26)32(40)36-20-8-4-6-10-30(38)44-23-24-46-34(42)29-17-15-28(16-18-29)33(41)45-22-21-43-2/h11-18H,3-10,19-24H2,1-2H3,(H,35,39)(H,36,40). The Labute approximate surface area is 269 Å². The number of rotatable bonds is 22. The highest BCUT2D eigenvalue weighted by Gasteiger charge is 2.12. The van der Waals surface area contributed by atoms with E-state index in [0.29, 0.717) is 55.5 Å². The lowest BCUT2D eigenvalue weighted by molar-refractivity contribution is -0.144. The van der Waals surface area contributed by atoms with Crippen LogP contribution in [0.1, 0.15) is 99.7 Å². The third-order valence-electron chi connectivity index (χ3n) is 6.70. The molecule has 0 aliphatic carbocycles. The van der Waals surface area contributed by atoms with E-state index in [1.165, 1.54) is 31.4 Å². The van der Waals surface area contributed by atoms with Crippen LogP contribution >= 0.6 is 0 Å². The molecule has 2 N–H and O–H groups in total. The van der Waals surface area contributed by atoms with Crippen molar-refractivity contribution in [1.82, 2.24) is 10.6 Å². The van der Waals surface area contributed by atoms with E-state index in [-0.39, 0.29) is 56.0 Å². The second-order valence-electron chi connectivity index (χ2n) is 10.5. The summed E-state index contributed by atoms with van der Waals surface area (Å²) in [7, 11) is 1.50. The summed E-state index contributed by atoms with van der Waals surface area (Å²) in [5, 5.41) is 5.67. The second-order valence-corrected chi connectivity index (χ2v) is 10.5. The van der Waals surface area contributed by atoms with Gasteiger partial charge in [0.25, 0.3) is 11.8 Å². The van der Waals surface area contributed by atoms with Crippen molar-refractivity contribution in [3.8, 4) is 0 Å². The molecule has 0 heterocycles. The summed E-state index contributed by atoms with van der Waals surface area (Å²) in [4.78, 5) is 71.6. The lowest BCUT2D eigenvalue weighted by Gasteiger charge is -2.08. The van der Waals surface area contributed by atoms with Crippen molar-refractivity contribution in [3.63, 3.8) is 0 Å². The van der Waals surface area contributed by atoms with E-state index in [9.17, 15) is 28.8 Å². The molecule has 0 saturated carbocycles. The van der Waals surface area contributed by atoms with Gasteiger partial charge in [0.05, 0.1) is 17.7 Å². The number of ether oxygens (including phenoxy) is 4. The molecule has 12 heteroatoms. The van der Waals surface area contributed by atoms with Gasteiger partial charge in [-0.3, -0.25) is 14.4 Å². The van der Waals surface area contributed by atoms with Crippen LogP contribution in [0.3, 0.4) is 0 Å². The molecule has 0 unspecified atom stereocenters. The fraction of sp³-hybridized carbons (Fsp3) is 0.471. The fourth-order valence-corrected chi connectivity index (χ4v) is 4.12. The number of hydrogen-bond donors (Lipinski definition) is 2. The van der Waals surface area contributed by atoms with Crippen LogP contribution in [0.15, 0.2) is 48.5 Å². The van der Waals surface area contributed by atoms with Gasteiger partial charge in [0.1, 0.15) is 25.6 Å². The fourth-order valence-electron chi connectivity index (χ4n) is 4.12. The third kappa shape index (κ3) is 15.4. The Morgan fingerprint density at radius 2 is 0.935 bits per heavy atom. The number of methoxy groups -OCH3 is 1. The van der Waals surface area contributed by atoms with Gasteiger partial charge in [0, 0.05) is 44.2 Å². The number of amides is 2. The predicted octanol–water partition coefficient (Wildman–Crippen LogP) is 4.06. The Balaban J connectivity index is 1.52. The first-order chi connectivity index (χ1) is 22.2. The Bertz CT molecular complexity index is 1280. The molecule has 0 atom stereocenters. The summed E-state index contributed by atoms with van der Waals surface area (Å²) in [5.41, 5.74) is 1.45. The topological polar surface area (TPSA) is 163 Å². The van der Waals surface area contributed by atoms with Crippen molar-refractivity contribution >= 4 is 35.5 Å². The van der Waals surface area contributed by atoms with Crippen molar-refractivity contribution in [2.45, 2.75) is 58.3 Å². The summed E-state index contributed by atoms with van der Waals surface area (Å²) in [6.07, 6.45) is 5.21. The Morgan fingerprint density at radius 3 is 1.39 bits per heavy atom. The SMILES string of the molecule is COCCOC(=O)c1ccc(C(=O)OCCOC(=O)CCCCCNC(=O)c2ccc(C(=O)NCCCCCC(C)=O)cc2)cc1. The highest BCUT2D eigenvalue weighted by atomic mass is 16.6. The molecule has 0 aromatic heterocycles. The van der Waals surface area contributed by atoms with Gasteiger partial charge >= 0.3 is 17.9 Å². The van der Waals surface area contributed by atoms with Crippen LogP contribution in [0.2, 0.25) is 0 Å². The molecule has 0 radical (unpaired) electrons. The summed E-state index contributed by atoms with van der Waals surface area (Å²) in [6.45, 7) is 2.77. The summed E-state index contributed by atoms with van der Waals surface area (Å²) >= 11 is 0. The number of nitrogens with one attached hydrogen (secondary N) is 2. The number of carbonyl (C=O) groups excluding carboxylic acids is 6. The smallest absolute Gasteiger partial charge is 0.338 e. The monoisotopic (exact) mass is 640 g/mol. The van der Waals surface area contributed by atoms with Crippen molar-refractivity contribution in [3.05, 3.63) is 70.8 Å². The lowest BCUT2D eigenvalue weighted by Crippen LogP contribution is -2.26. The van der Waals surface area contributed by atoms with E-state index in [2.05, 4.69) is 10.6 Å². The number of unbranched alkanes of at least 4 members (excludes halogenated alkanes) is 4. The van der Waals surface area contributed by atoms with Crippen molar-refractivity contribution in [1.29, 1.82) is 0 Å². The normalized spacial score (nSPS) is 10.5. The third-order valence-corrected chi connectivity index (χ3v) is 6.70. The highest BCUT2D eigenvalue weighted by Crippen LogP contribution is 2.09. The molecule has 0 saturated heterocycles. The highest BCUT2D eigenvalue weighted by molar-refractivity contribution is 5.97. The first kappa shape index (κ1) is 37.6. The van der Waals surface area contributed by atoms with E-state index < -0.39 is 17.9 Å². The number of Topliss-reactive ketones (excluding diaryl/α,β-unsaturated/α-hetero) is 1. The zero-order valence-corrected chi connectivity index (χ0v) is 26.6. The van der Waals surface area contributed by atoms with Crippen LogP contribution in [-0.2, 0) is 28.5 Å². The molecule has 2 aromatic carbocycles. The van der Waals surface area contributed by atoms with Crippen molar-refractivity contribution in [2.75, 3.05) is 46.6 Å². The Kier molecular flexibility index (Phi) is 18.0. The minimum absolute atomic E-state index is 0.0762. The molecule has 0 aliphatic rings. The van der Waals surface area contributed by atoms with Crippen molar-refractivity contribution in [2.24, 2.45) is 0 Å². The molecule has 2 rings (SSSR count). The number of esters is 3. The molecule has 0 spiro atoms.